The van der Waals surface area contributed by atoms with Gasteiger partial charge in [0.2, 0.25) is 0 Å². The number of benzene rings is 1. The number of halogens is 1. The van der Waals surface area contributed by atoms with Crippen molar-refractivity contribution >= 4 is 17.6 Å². The van der Waals surface area contributed by atoms with E-state index >= 15 is 0 Å². The summed E-state index contributed by atoms with van der Waals surface area (Å²) >= 11 is 0. The Balaban J connectivity index is 0.00000341. The molecule has 0 saturated heterocycles. The first-order chi connectivity index (χ1) is 14.3. The predicted molar refractivity (Wildman–Crippen MR) is 105 cm³/mol. The Kier molecular flexibility index (Phi) is 8.61. The number of aromatic nitrogens is 2. The molecule has 31 heavy (non-hydrogen) atoms. The van der Waals surface area contributed by atoms with Crippen molar-refractivity contribution in [3.63, 3.8) is 0 Å². The monoisotopic (exact) mass is 453 g/mol. The summed E-state index contributed by atoms with van der Waals surface area (Å²) in [7, 11) is 0. The molecule has 158 valence electrons. The number of carboxylic acid groups (broad SMARTS) is 1. The average Bonchev–Trinajstić information content (AvgIpc) is 3.28. The van der Waals surface area contributed by atoms with Gasteiger partial charge in [0.05, 0.1) is 5.97 Å². The topological polar surface area (TPSA) is 134 Å². The van der Waals surface area contributed by atoms with Gasteiger partial charge in [0, 0.05) is 41.4 Å². The van der Waals surface area contributed by atoms with Gasteiger partial charge in [-0.25, -0.2) is 4.39 Å². The summed E-state index contributed by atoms with van der Waals surface area (Å²) in [6, 6.07) is 6.29. The number of hydrogen-bond acceptors (Lipinski definition) is 7. The summed E-state index contributed by atoms with van der Waals surface area (Å²) in [4.78, 5) is 24.1. The number of carbonyl (C=O) groups excluding carboxylic acids is 2. The van der Waals surface area contributed by atoms with Crippen molar-refractivity contribution in [2.45, 2.75) is 39.4 Å². The van der Waals surface area contributed by atoms with Crippen LogP contribution in [0.4, 0.5) is 10.2 Å². The zero-order chi connectivity index (χ0) is 22.0. The fraction of sp³-hybridized carbons (Fsp3) is 0.286. The van der Waals surface area contributed by atoms with Crippen LogP contribution in [0.1, 0.15) is 45.9 Å². The van der Waals surface area contributed by atoms with Crippen molar-refractivity contribution in [1.82, 2.24) is 9.72 Å². The van der Waals surface area contributed by atoms with E-state index in [9.17, 15) is 24.2 Å². The molecule has 10 heteroatoms. The molecule has 0 bridgehead atoms. The van der Waals surface area contributed by atoms with Crippen molar-refractivity contribution in [2.75, 3.05) is 5.73 Å². The molecule has 1 atom stereocenters. The molecule has 2 aromatic heterocycles. The second-order valence-electron chi connectivity index (χ2n) is 6.75. The van der Waals surface area contributed by atoms with E-state index in [1.807, 2.05) is 6.92 Å². The van der Waals surface area contributed by atoms with Gasteiger partial charge in [-0.2, -0.15) is 0 Å². The third kappa shape index (κ3) is 5.09. The van der Waals surface area contributed by atoms with Gasteiger partial charge in [0.1, 0.15) is 23.0 Å². The normalized spacial score (nSPS) is 11.7. The zero-order valence-corrected chi connectivity index (χ0v) is 20.6. The number of nitrogens with zero attached hydrogens (tertiary/aromatic N) is 2. The molecule has 2 heterocycles. The molecule has 0 aliphatic heterocycles. The smallest absolute Gasteiger partial charge is 0.545 e. The van der Waals surface area contributed by atoms with Gasteiger partial charge < -0.3 is 29.8 Å². The first-order valence-corrected chi connectivity index (χ1v) is 9.43. The van der Waals surface area contributed by atoms with E-state index < -0.39 is 29.9 Å². The van der Waals surface area contributed by atoms with Crippen LogP contribution in [-0.4, -0.2) is 32.8 Å². The predicted octanol–water partition coefficient (Wildman–Crippen LogP) is -0.856. The Morgan fingerprint density at radius 3 is 2.48 bits per heavy atom. The molecule has 1 unspecified atom stereocenters. The number of phenolic OH excluding ortho intramolecular Hbond substituents is 1. The van der Waals surface area contributed by atoms with Crippen molar-refractivity contribution in [3.05, 3.63) is 52.9 Å². The Morgan fingerprint density at radius 2 is 1.94 bits per heavy atom. The van der Waals surface area contributed by atoms with Gasteiger partial charge in [-0.15, -0.1) is 0 Å². The van der Waals surface area contributed by atoms with E-state index in [0.29, 0.717) is 29.8 Å². The minimum atomic E-state index is -2.05. The molecule has 1 aromatic carbocycles. The Bertz CT molecular complexity index is 1090. The first-order valence-electron chi connectivity index (χ1n) is 9.43. The molecule has 0 radical (unpaired) electrons. The summed E-state index contributed by atoms with van der Waals surface area (Å²) < 4.78 is 21.5. The zero-order valence-electron chi connectivity index (χ0n) is 17.5. The maximum absolute atomic E-state index is 14.9. The molecule has 3 N–H and O–H groups in total. The molecule has 3 rings (SSSR count). The molecular weight excluding hydrogens is 432 g/mol. The number of aromatic carboxylic acids is 1. The van der Waals surface area contributed by atoms with Crippen molar-refractivity contribution in [2.24, 2.45) is 0 Å². The molecule has 0 amide bonds. The first kappa shape index (κ1) is 25.3. The molecular formula is C21H21FKN3O5. The number of nitrogens with two attached hydrogens (primary N) is 1. The van der Waals surface area contributed by atoms with E-state index in [-0.39, 0.29) is 74.3 Å². The van der Waals surface area contributed by atoms with Crippen LogP contribution in [-0.2, 0) is 19.4 Å². The van der Waals surface area contributed by atoms with Crippen molar-refractivity contribution < 1.29 is 80.1 Å². The van der Waals surface area contributed by atoms with Gasteiger partial charge >= 0.3 is 51.4 Å². The van der Waals surface area contributed by atoms with Crippen LogP contribution >= 0.6 is 0 Å². The number of rotatable bonds is 8. The molecule has 0 aliphatic carbocycles. The second-order valence-corrected chi connectivity index (χ2v) is 6.75. The van der Waals surface area contributed by atoms with Gasteiger partial charge in [-0.1, -0.05) is 12.1 Å². The standard InChI is InChI=1S/C21H22FN3O5.K/c1-3-13-16(30-24-18(13)11-5-7-12(26)8-6-11)9-15(22)19(27)14-10-25(4-2)20(23)17(14)21(28)29;/h5-8,10,15,26H,3-4,9,23H2,1-2H3,(H,28,29);/q;+1/p-1. The van der Waals surface area contributed by atoms with Crippen LogP contribution in [0.2, 0.25) is 0 Å². The van der Waals surface area contributed by atoms with Gasteiger partial charge in [0.25, 0.3) is 0 Å². The molecule has 0 saturated carbocycles. The minimum Gasteiger partial charge on any atom is -0.545 e. The van der Waals surface area contributed by atoms with E-state index in [1.54, 1.807) is 19.1 Å². The minimum absolute atomic E-state index is 0. The van der Waals surface area contributed by atoms with Gasteiger partial charge in [-0.3, -0.25) is 4.79 Å². The number of nitrogen functional groups attached to an aromatic ring is 1. The van der Waals surface area contributed by atoms with Crippen LogP contribution in [0, 0.1) is 0 Å². The van der Waals surface area contributed by atoms with Crippen LogP contribution < -0.4 is 62.2 Å². The molecule has 0 aliphatic rings. The number of aromatic hydroxyl groups is 1. The Labute approximate surface area is 220 Å². The number of carbonyl (C=O) groups is 2. The Morgan fingerprint density at radius 1 is 1.29 bits per heavy atom. The maximum atomic E-state index is 14.9. The van der Waals surface area contributed by atoms with Crippen LogP contribution in [0.5, 0.6) is 5.75 Å². The van der Waals surface area contributed by atoms with Crippen LogP contribution in [0.15, 0.2) is 35.0 Å². The molecule has 0 fully saturated rings. The number of phenols is 1. The number of Topliss-reactive ketones (excluding diaryl/α,β-unsaturated/α-hetero) is 1. The molecule has 3 aromatic rings. The third-order valence-corrected chi connectivity index (χ3v) is 4.94. The summed E-state index contributed by atoms with van der Waals surface area (Å²) in [6.45, 7) is 3.86. The number of carboxylic acids is 1. The SMILES string of the molecule is CCc1c(-c2ccc(O)cc2)noc1CC(F)C(=O)c1cn(CC)c(N)c1C(=O)[O-].[K+]. The molecule has 0 spiro atoms. The van der Waals surface area contributed by atoms with E-state index in [2.05, 4.69) is 5.16 Å². The van der Waals surface area contributed by atoms with Crippen LogP contribution in [0.3, 0.4) is 0 Å². The average molecular weight is 454 g/mol. The summed E-state index contributed by atoms with van der Waals surface area (Å²) in [6.07, 6.45) is -0.768. The quantitative estimate of drug-likeness (QED) is 0.335. The third-order valence-electron chi connectivity index (χ3n) is 4.94. The number of anilines is 1. The molecule has 8 nitrogen and oxygen atoms in total. The maximum Gasteiger partial charge on any atom is 1.00 e. The number of hydrogen-bond donors (Lipinski definition) is 2. The van der Waals surface area contributed by atoms with Crippen molar-refractivity contribution in [3.8, 4) is 17.0 Å². The van der Waals surface area contributed by atoms with E-state index in [4.69, 9.17) is 10.3 Å². The summed E-state index contributed by atoms with van der Waals surface area (Å²) in [5.74, 6) is -2.52. The second kappa shape index (κ2) is 10.6. The van der Waals surface area contributed by atoms with Gasteiger partial charge in [0.15, 0.2) is 12.0 Å². The summed E-state index contributed by atoms with van der Waals surface area (Å²) in [5.41, 5.74) is 6.70. The van der Waals surface area contributed by atoms with E-state index in [0.717, 1.165) is 0 Å². The van der Waals surface area contributed by atoms with Crippen LogP contribution in [0.25, 0.3) is 11.3 Å². The number of aryl methyl sites for hydroxylation is 1. The largest absolute Gasteiger partial charge is 1.00 e. The van der Waals surface area contributed by atoms with E-state index in [1.165, 1.54) is 22.9 Å². The number of ketones is 1. The fourth-order valence-electron chi connectivity index (χ4n) is 3.37. The fourth-order valence-corrected chi connectivity index (χ4v) is 3.37. The number of alkyl halides is 1. The van der Waals surface area contributed by atoms with Gasteiger partial charge in [-0.05, 0) is 37.6 Å². The van der Waals surface area contributed by atoms with Crippen molar-refractivity contribution in [1.29, 1.82) is 0 Å². The Hall–Kier alpha value is -1.98. The summed E-state index contributed by atoms with van der Waals surface area (Å²) in [5, 5.41) is 24.8.